The van der Waals surface area contributed by atoms with Crippen molar-refractivity contribution in [2.75, 3.05) is 19.7 Å². The molecule has 5 nitrogen and oxygen atoms in total. The number of benzene rings is 1. The number of carbonyl (C=O) groups excluding carboxylic acids is 1. The molecule has 24 heavy (non-hydrogen) atoms. The summed E-state index contributed by atoms with van der Waals surface area (Å²) in [6.45, 7) is 5.75. The topological polar surface area (TPSA) is 54.5 Å². The van der Waals surface area contributed by atoms with Crippen LogP contribution < -0.4 is 5.32 Å². The fourth-order valence-corrected chi connectivity index (χ4v) is 3.62. The average molecular weight is 345 g/mol. The minimum atomic E-state index is -0.0772. The molecule has 0 radical (unpaired) electrons. The van der Waals surface area contributed by atoms with E-state index in [-0.39, 0.29) is 18.2 Å². The molecule has 0 saturated carbocycles. The van der Waals surface area contributed by atoms with Crippen molar-refractivity contribution in [3.8, 4) is 0 Å². The highest BCUT2D eigenvalue weighted by Crippen LogP contribution is 2.18. The summed E-state index contributed by atoms with van der Waals surface area (Å²) in [7, 11) is 0. The summed E-state index contributed by atoms with van der Waals surface area (Å²) in [4.78, 5) is 18.8. The van der Waals surface area contributed by atoms with E-state index in [1.165, 1.54) is 5.56 Å². The molecule has 3 rings (SSSR count). The quantitative estimate of drug-likeness (QED) is 0.926. The summed E-state index contributed by atoms with van der Waals surface area (Å²) < 4.78 is 5.82. The lowest BCUT2D eigenvalue weighted by atomic mass is 10.1. The van der Waals surface area contributed by atoms with Crippen LogP contribution >= 0.6 is 11.3 Å². The molecule has 2 atom stereocenters. The normalized spacial score (nSPS) is 19.1. The monoisotopic (exact) mass is 345 g/mol. The third kappa shape index (κ3) is 4.33. The van der Waals surface area contributed by atoms with E-state index in [0.29, 0.717) is 19.7 Å². The number of aryl methyl sites for hydroxylation is 1. The van der Waals surface area contributed by atoms with Crippen LogP contribution in [-0.4, -0.2) is 41.7 Å². The summed E-state index contributed by atoms with van der Waals surface area (Å²) in [5, 5.41) is 5.99. The van der Waals surface area contributed by atoms with Gasteiger partial charge in [-0.1, -0.05) is 30.3 Å². The van der Waals surface area contributed by atoms with Crippen LogP contribution in [0, 0.1) is 6.92 Å². The number of ether oxygens (including phenoxy) is 1. The molecule has 0 aliphatic carbocycles. The van der Waals surface area contributed by atoms with Crippen LogP contribution in [-0.2, 0) is 11.2 Å². The van der Waals surface area contributed by atoms with Gasteiger partial charge < -0.3 is 15.0 Å². The van der Waals surface area contributed by atoms with Crippen LogP contribution in [0.25, 0.3) is 0 Å². The smallest absolute Gasteiger partial charge is 0.318 e. The average Bonchev–Trinajstić information content (AvgIpc) is 3.03. The molecule has 2 aromatic rings. The van der Waals surface area contributed by atoms with Gasteiger partial charge in [0.1, 0.15) is 5.01 Å². The number of carbonyl (C=O) groups is 1. The summed E-state index contributed by atoms with van der Waals surface area (Å²) in [6.07, 6.45) is 0.871. The maximum absolute atomic E-state index is 12.5. The predicted molar refractivity (Wildman–Crippen MR) is 95.3 cm³/mol. The number of thiazole rings is 1. The summed E-state index contributed by atoms with van der Waals surface area (Å²) in [6, 6.07) is 10.1. The number of aromatic nitrogens is 1. The molecule has 1 aliphatic heterocycles. The number of amides is 2. The van der Waals surface area contributed by atoms with E-state index in [2.05, 4.69) is 22.4 Å². The molecule has 1 N–H and O–H groups in total. The molecular formula is C18H23N3O2S. The first kappa shape index (κ1) is 16.9. The second-order valence-corrected chi connectivity index (χ2v) is 7.02. The zero-order valence-corrected chi connectivity index (χ0v) is 14.9. The molecule has 0 unspecified atom stereocenters. The highest BCUT2D eigenvalue weighted by molar-refractivity contribution is 7.09. The molecule has 0 bridgehead atoms. The lowest BCUT2D eigenvalue weighted by molar-refractivity contribution is -0.0135. The Bertz CT molecular complexity index is 674. The largest absolute Gasteiger partial charge is 0.374 e. The zero-order valence-electron chi connectivity index (χ0n) is 14.1. The van der Waals surface area contributed by atoms with Crippen molar-refractivity contribution in [3.63, 3.8) is 0 Å². The maximum Gasteiger partial charge on any atom is 0.318 e. The molecule has 2 heterocycles. The maximum atomic E-state index is 12.5. The Balaban J connectivity index is 1.55. The fraction of sp³-hybridized carbons (Fsp3) is 0.444. The molecule has 1 saturated heterocycles. The molecule has 2 amide bonds. The van der Waals surface area contributed by atoms with Crippen LogP contribution in [0.1, 0.15) is 29.2 Å². The van der Waals surface area contributed by atoms with Crippen molar-refractivity contribution in [1.29, 1.82) is 0 Å². The highest BCUT2D eigenvalue weighted by atomic mass is 32.1. The van der Waals surface area contributed by atoms with Crippen molar-refractivity contribution in [2.45, 2.75) is 32.4 Å². The number of rotatable bonds is 4. The Labute approximate surface area is 146 Å². The van der Waals surface area contributed by atoms with Gasteiger partial charge in [0, 0.05) is 30.6 Å². The Morgan fingerprint density at radius 2 is 2.25 bits per heavy atom. The van der Waals surface area contributed by atoms with Gasteiger partial charge >= 0.3 is 6.03 Å². The Morgan fingerprint density at radius 3 is 2.96 bits per heavy atom. The van der Waals surface area contributed by atoms with Crippen LogP contribution in [0.5, 0.6) is 0 Å². The number of hydrogen-bond donors (Lipinski definition) is 1. The van der Waals surface area contributed by atoms with E-state index in [4.69, 9.17) is 4.74 Å². The van der Waals surface area contributed by atoms with Crippen molar-refractivity contribution in [2.24, 2.45) is 0 Å². The number of hydrogen-bond acceptors (Lipinski definition) is 4. The van der Waals surface area contributed by atoms with Crippen LogP contribution in [0.2, 0.25) is 0 Å². The lowest BCUT2D eigenvalue weighted by Crippen LogP contribution is -2.50. The van der Waals surface area contributed by atoms with Gasteiger partial charge in [0.2, 0.25) is 0 Å². The molecule has 1 aromatic heterocycles. The van der Waals surface area contributed by atoms with Gasteiger partial charge in [-0.15, -0.1) is 11.3 Å². The molecule has 1 fully saturated rings. The van der Waals surface area contributed by atoms with E-state index in [1.807, 2.05) is 42.3 Å². The molecular weight excluding hydrogens is 322 g/mol. The van der Waals surface area contributed by atoms with Crippen molar-refractivity contribution in [3.05, 3.63) is 52.0 Å². The van der Waals surface area contributed by atoms with E-state index in [9.17, 15) is 4.79 Å². The van der Waals surface area contributed by atoms with Crippen LogP contribution in [0.3, 0.4) is 0 Å². The first-order chi connectivity index (χ1) is 11.6. The summed E-state index contributed by atoms with van der Waals surface area (Å²) in [5.41, 5.74) is 2.22. The van der Waals surface area contributed by atoms with Crippen molar-refractivity contribution >= 4 is 17.4 Å². The van der Waals surface area contributed by atoms with E-state index in [1.54, 1.807) is 11.3 Å². The SMILES string of the molecule is Cc1csc([C@@H](C)NC(=O)N2CCO[C@@H](Cc3ccccc3)C2)n1. The van der Waals surface area contributed by atoms with Gasteiger partial charge in [-0.25, -0.2) is 9.78 Å². The van der Waals surface area contributed by atoms with E-state index < -0.39 is 0 Å². The van der Waals surface area contributed by atoms with Gasteiger partial charge in [0.25, 0.3) is 0 Å². The number of morpholine rings is 1. The molecule has 1 aromatic carbocycles. The minimum Gasteiger partial charge on any atom is -0.374 e. The van der Waals surface area contributed by atoms with E-state index >= 15 is 0 Å². The van der Waals surface area contributed by atoms with E-state index in [0.717, 1.165) is 17.1 Å². The number of urea groups is 1. The third-order valence-corrected chi connectivity index (χ3v) is 5.22. The summed E-state index contributed by atoms with van der Waals surface area (Å²) in [5.74, 6) is 0. The van der Waals surface area contributed by atoms with Crippen LogP contribution in [0.4, 0.5) is 4.79 Å². The van der Waals surface area contributed by atoms with Gasteiger partial charge in [0.05, 0.1) is 18.8 Å². The second kappa shape index (κ2) is 7.77. The summed E-state index contributed by atoms with van der Waals surface area (Å²) >= 11 is 1.58. The van der Waals surface area contributed by atoms with Gasteiger partial charge in [-0.05, 0) is 19.4 Å². The first-order valence-corrected chi connectivity index (χ1v) is 9.13. The number of nitrogens with zero attached hydrogens (tertiary/aromatic N) is 2. The van der Waals surface area contributed by atoms with Gasteiger partial charge in [-0.3, -0.25) is 0 Å². The predicted octanol–water partition coefficient (Wildman–Crippen LogP) is 3.17. The lowest BCUT2D eigenvalue weighted by Gasteiger charge is -2.33. The second-order valence-electron chi connectivity index (χ2n) is 6.13. The van der Waals surface area contributed by atoms with Crippen molar-refractivity contribution in [1.82, 2.24) is 15.2 Å². The molecule has 0 spiro atoms. The highest BCUT2D eigenvalue weighted by Gasteiger charge is 2.25. The Morgan fingerprint density at radius 1 is 1.46 bits per heavy atom. The fourth-order valence-electron chi connectivity index (χ4n) is 2.81. The van der Waals surface area contributed by atoms with Crippen molar-refractivity contribution < 1.29 is 9.53 Å². The first-order valence-electron chi connectivity index (χ1n) is 8.25. The Kier molecular flexibility index (Phi) is 5.48. The van der Waals surface area contributed by atoms with Crippen LogP contribution in [0.15, 0.2) is 35.7 Å². The molecule has 128 valence electrons. The Hall–Kier alpha value is -1.92. The number of nitrogens with one attached hydrogen (secondary N) is 1. The van der Waals surface area contributed by atoms with Gasteiger partial charge in [-0.2, -0.15) is 0 Å². The standard InChI is InChI=1S/C18H23N3O2S/c1-13-12-24-17(19-13)14(2)20-18(22)21-8-9-23-16(11-21)10-15-6-4-3-5-7-15/h3-7,12,14,16H,8-11H2,1-2H3,(H,20,22)/t14-,16+/m1/s1. The van der Waals surface area contributed by atoms with Gasteiger partial charge in [0.15, 0.2) is 0 Å². The minimum absolute atomic E-state index is 0.0447. The molecule has 6 heteroatoms. The molecule has 1 aliphatic rings. The third-order valence-electron chi connectivity index (χ3n) is 4.08. The zero-order chi connectivity index (χ0) is 16.9.